The Kier molecular flexibility index (Phi) is 4.59. The van der Waals surface area contributed by atoms with Crippen LogP contribution < -0.4 is 5.73 Å². The van der Waals surface area contributed by atoms with Gasteiger partial charge in [0.25, 0.3) is 0 Å². The molecule has 0 aromatic heterocycles. The predicted molar refractivity (Wildman–Crippen MR) is 46.5 cm³/mol. The smallest absolute Gasteiger partial charge is 0.330 e. The second-order valence-corrected chi connectivity index (χ2v) is 3.56. The van der Waals surface area contributed by atoms with Crippen LogP contribution in [0.5, 0.6) is 0 Å². The van der Waals surface area contributed by atoms with Gasteiger partial charge in [-0.1, -0.05) is 12.8 Å². The Bertz CT molecular complexity index is 138. The lowest BCUT2D eigenvalue weighted by Gasteiger charge is -2.22. The monoisotopic (exact) mass is 193 g/mol. The van der Waals surface area contributed by atoms with Crippen LogP contribution >= 0.6 is 0 Å². The highest BCUT2D eigenvalue weighted by Gasteiger charge is 2.27. The van der Waals surface area contributed by atoms with Gasteiger partial charge in [0, 0.05) is 0 Å². The highest BCUT2D eigenvalue weighted by atomic mass is 19.3. The van der Waals surface area contributed by atoms with Gasteiger partial charge in [-0.25, -0.2) is 0 Å². The summed E-state index contributed by atoms with van der Waals surface area (Å²) >= 11 is 0. The highest BCUT2D eigenvalue weighted by Crippen LogP contribution is 2.31. The van der Waals surface area contributed by atoms with Gasteiger partial charge in [0.05, 0.1) is 6.10 Å². The standard InChI is InChI=1S/C9H17F2NO/c10-9(11)13-8(5-6-12)7-3-1-2-4-7/h7-9H,1-6,12H2. The van der Waals surface area contributed by atoms with E-state index in [1.807, 2.05) is 0 Å². The summed E-state index contributed by atoms with van der Waals surface area (Å²) in [6.07, 6.45) is 4.52. The van der Waals surface area contributed by atoms with Gasteiger partial charge in [-0.2, -0.15) is 8.78 Å². The van der Waals surface area contributed by atoms with Crippen LogP contribution in [0.25, 0.3) is 0 Å². The van der Waals surface area contributed by atoms with Crippen molar-refractivity contribution in [1.82, 2.24) is 0 Å². The van der Waals surface area contributed by atoms with Crippen LogP contribution in [0, 0.1) is 5.92 Å². The molecule has 1 unspecified atom stereocenters. The van der Waals surface area contributed by atoms with Crippen molar-refractivity contribution in [2.75, 3.05) is 6.54 Å². The van der Waals surface area contributed by atoms with E-state index >= 15 is 0 Å². The lowest BCUT2D eigenvalue weighted by Crippen LogP contribution is -2.27. The van der Waals surface area contributed by atoms with Gasteiger partial charge < -0.3 is 10.5 Å². The van der Waals surface area contributed by atoms with E-state index < -0.39 is 6.61 Å². The van der Waals surface area contributed by atoms with E-state index in [9.17, 15) is 8.78 Å². The second-order valence-electron chi connectivity index (χ2n) is 3.56. The van der Waals surface area contributed by atoms with E-state index in [0.717, 1.165) is 25.7 Å². The molecule has 1 aliphatic rings. The molecular formula is C9H17F2NO. The summed E-state index contributed by atoms with van der Waals surface area (Å²) in [5, 5.41) is 0. The van der Waals surface area contributed by atoms with Crippen LogP contribution in [0.3, 0.4) is 0 Å². The lowest BCUT2D eigenvalue weighted by atomic mass is 9.98. The minimum Gasteiger partial charge on any atom is -0.330 e. The third-order valence-electron chi connectivity index (χ3n) is 2.65. The molecule has 0 aromatic rings. The average Bonchev–Trinajstić information content (AvgIpc) is 2.54. The Hall–Kier alpha value is -0.220. The summed E-state index contributed by atoms with van der Waals surface area (Å²) < 4.78 is 28.6. The van der Waals surface area contributed by atoms with E-state index in [-0.39, 0.29) is 6.10 Å². The third-order valence-corrected chi connectivity index (χ3v) is 2.65. The molecule has 0 saturated heterocycles. The molecule has 13 heavy (non-hydrogen) atoms. The van der Waals surface area contributed by atoms with Crippen molar-refractivity contribution in [3.05, 3.63) is 0 Å². The normalized spacial score (nSPS) is 21.2. The van der Waals surface area contributed by atoms with Crippen LogP contribution in [0.4, 0.5) is 8.78 Å². The summed E-state index contributed by atoms with van der Waals surface area (Å²) in [4.78, 5) is 0. The Morgan fingerprint density at radius 2 is 1.92 bits per heavy atom. The molecule has 1 saturated carbocycles. The minimum atomic E-state index is -2.66. The zero-order valence-corrected chi connectivity index (χ0v) is 7.72. The maximum atomic E-state index is 12.0. The van der Waals surface area contributed by atoms with Crippen molar-refractivity contribution >= 4 is 0 Å². The molecule has 4 heteroatoms. The van der Waals surface area contributed by atoms with Gasteiger partial charge in [0.1, 0.15) is 0 Å². The van der Waals surface area contributed by atoms with Crippen molar-refractivity contribution in [2.24, 2.45) is 11.7 Å². The Morgan fingerprint density at radius 3 is 2.38 bits per heavy atom. The molecule has 1 atom stereocenters. The highest BCUT2D eigenvalue weighted by molar-refractivity contribution is 4.76. The van der Waals surface area contributed by atoms with E-state index in [0.29, 0.717) is 18.9 Å². The first kappa shape index (κ1) is 10.9. The third kappa shape index (κ3) is 3.56. The minimum absolute atomic E-state index is 0.303. The number of rotatable bonds is 5. The van der Waals surface area contributed by atoms with E-state index in [1.54, 1.807) is 0 Å². The van der Waals surface area contributed by atoms with Crippen molar-refractivity contribution in [3.63, 3.8) is 0 Å². The van der Waals surface area contributed by atoms with Gasteiger partial charge in [-0.05, 0) is 31.7 Å². The SMILES string of the molecule is NCCC(OC(F)F)C1CCCC1. The molecule has 0 heterocycles. The number of hydrogen-bond acceptors (Lipinski definition) is 2. The zero-order chi connectivity index (χ0) is 9.68. The topological polar surface area (TPSA) is 35.2 Å². The van der Waals surface area contributed by atoms with E-state index in [1.165, 1.54) is 0 Å². The summed E-state index contributed by atoms with van der Waals surface area (Å²) in [7, 11) is 0. The molecule has 1 rings (SSSR count). The molecule has 0 amide bonds. The predicted octanol–water partition coefficient (Wildman–Crippen LogP) is 2.13. The maximum absolute atomic E-state index is 12.0. The number of hydrogen-bond donors (Lipinski definition) is 1. The first-order chi connectivity index (χ1) is 6.24. The summed E-state index contributed by atoms with van der Waals surface area (Å²) in [5.41, 5.74) is 5.35. The number of nitrogens with two attached hydrogens (primary N) is 1. The molecule has 1 aliphatic carbocycles. The number of ether oxygens (including phenoxy) is 1. The zero-order valence-electron chi connectivity index (χ0n) is 7.72. The van der Waals surface area contributed by atoms with Crippen LogP contribution in [-0.4, -0.2) is 19.3 Å². The molecule has 0 aromatic carbocycles. The molecule has 0 aliphatic heterocycles. The van der Waals surface area contributed by atoms with Gasteiger partial charge in [-0.3, -0.25) is 0 Å². The maximum Gasteiger partial charge on any atom is 0.345 e. The van der Waals surface area contributed by atoms with Crippen LogP contribution in [0.1, 0.15) is 32.1 Å². The van der Waals surface area contributed by atoms with E-state index in [4.69, 9.17) is 5.73 Å². The molecule has 1 fully saturated rings. The fourth-order valence-corrected chi connectivity index (χ4v) is 2.04. The molecule has 2 N–H and O–H groups in total. The van der Waals surface area contributed by atoms with Crippen molar-refractivity contribution in [3.8, 4) is 0 Å². The van der Waals surface area contributed by atoms with Gasteiger partial charge in [0.15, 0.2) is 0 Å². The molecule has 0 spiro atoms. The fourth-order valence-electron chi connectivity index (χ4n) is 2.04. The Labute approximate surface area is 77.4 Å². The van der Waals surface area contributed by atoms with Crippen LogP contribution in [0.15, 0.2) is 0 Å². The molecular weight excluding hydrogens is 176 g/mol. The summed E-state index contributed by atoms with van der Waals surface area (Å²) in [6.45, 7) is -2.23. The molecule has 78 valence electrons. The second kappa shape index (κ2) is 5.50. The number of halogens is 2. The Morgan fingerprint density at radius 1 is 1.31 bits per heavy atom. The van der Waals surface area contributed by atoms with Crippen molar-refractivity contribution in [1.29, 1.82) is 0 Å². The van der Waals surface area contributed by atoms with Crippen molar-refractivity contribution < 1.29 is 13.5 Å². The quantitative estimate of drug-likeness (QED) is 0.726. The molecule has 2 nitrogen and oxygen atoms in total. The average molecular weight is 193 g/mol. The number of alkyl halides is 2. The lowest BCUT2D eigenvalue weighted by molar-refractivity contribution is -0.176. The Balaban J connectivity index is 2.35. The first-order valence-electron chi connectivity index (χ1n) is 4.87. The fraction of sp³-hybridized carbons (Fsp3) is 1.00. The molecule has 0 bridgehead atoms. The van der Waals surface area contributed by atoms with Crippen LogP contribution in [-0.2, 0) is 4.74 Å². The first-order valence-corrected chi connectivity index (χ1v) is 4.87. The van der Waals surface area contributed by atoms with E-state index in [2.05, 4.69) is 4.74 Å². The summed E-state index contributed by atoms with van der Waals surface area (Å²) in [6, 6.07) is 0. The largest absolute Gasteiger partial charge is 0.345 e. The van der Waals surface area contributed by atoms with Crippen molar-refractivity contribution in [2.45, 2.75) is 44.8 Å². The summed E-state index contributed by atoms with van der Waals surface area (Å²) in [5.74, 6) is 0.303. The van der Waals surface area contributed by atoms with Gasteiger partial charge >= 0.3 is 6.61 Å². The molecule has 0 radical (unpaired) electrons. The van der Waals surface area contributed by atoms with Gasteiger partial charge in [-0.15, -0.1) is 0 Å². The van der Waals surface area contributed by atoms with Crippen LogP contribution in [0.2, 0.25) is 0 Å². The van der Waals surface area contributed by atoms with Gasteiger partial charge in [0.2, 0.25) is 0 Å².